The summed E-state index contributed by atoms with van der Waals surface area (Å²) in [5.74, 6) is 2.61. The molecule has 0 radical (unpaired) electrons. The predicted octanol–water partition coefficient (Wildman–Crippen LogP) is 4.27. The van der Waals surface area contributed by atoms with E-state index in [2.05, 4.69) is 5.32 Å². The van der Waals surface area contributed by atoms with Crippen molar-refractivity contribution in [3.8, 4) is 11.5 Å². The smallest absolute Gasteiger partial charge is 0.234 e. The molecule has 0 aliphatic rings. The maximum atomic E-state index is 12.2. The molecule has 0 bridgehead atoms. The molecule has 0 atom stereocenters. The summed E-state index contributed by atoms with van der Waals surface area (Å²) in [6.45, 7) is 4.58. The van der Waals surface area contributed by atoms with Crippen LogP contribution in [0.15, 0.2) is 42.5 Å². The van der Waals surface area contributed by atoms with Crippen LogP contribution in [-0.4, -0.2) is 25.4 Å². The molecule has 0 aliphatic carbocycles. The topological polar surface area (TPSA) is 47.6 Å². The molecule has 1 N–H and O–H groups in total. The molecule has 5 heteroatoms. The Morgan fingerprint density at radius 3 is 2.71 bits per heavy atom. The molecule has 2 aromatic carbocycles. The van der Waals surface area contributed by atoms with Gasteiger partial charge in [0, 0.05) is 11.3 Å². The molecular formula is C19H23NO3S. The number of benzene rings is 2. The molecular weight excluding hydrogens is 322 g/mol. The Hall–Kier alpha value is -2.14. The molecule has 128 valence electrons. The first-order valence-corrected chi connectivity index (χ1v) is 9.02. The number of hydrogen-bond donors (Lipinski definition) is 1. The summed E-state index contributed by atoms with van der Waals surface area (Å²) in [7, 11) is 1.60. The van der Waals surface area contributed by atoms with E-state index in [1.54, 1.807) is 18.9 Å². The van der Waals surface area contributed by atoms with Crippen molar-refractivity contribution in [2.75, 3.05) is 24.8 Å². The van der Waals surface area contributed by atoms with Crippen molar-refractivity contribution in [3.63, 3.8) is 0 Å². The summed E-state index contributed by atoms with van der Waals surface area (Å²) in [6.07, 6.45) is 0. The van der Waals surface area contributed by atoms with Crippen LogP contribution in [0, 0.1) is 6.92 Å². The average Bonchev–Trinajstić information content (AvgIpc) is 2.57. The minimum atomic E-state index is -0.0437. The lowest BCUT2D eigenvalue weighted by atomic mass is 10.2. The highest BCUT2D eigenvalue weighted by atomic mass is 32.2. The first-order chi connectivity index (χ1) is 11.6. The van der Waals surface area contributed by atoms with Gasteiger partial charge in [-0.25, -0.2) is 0 Å². The SMILES string of the molecule is CCOc1ccccc1CSCC(=O)Nc1cc(C)ccc1OC. The summed E-state index contributed by atoms with van der Waals surface area (Å²) >= 11 is 1.56. The second-order valence-corrected chi connectivity index (χ2v) is 6.27. The van der Waals surface area contributed by atoms with Gasteiger partial charge in [0.25, 0.3) is 0 Å². The maximum Gasteiger partial charge on any atom is 0.234 e. The fourth-order valence-electron chi connectivity index (χ4n) is 2.28. The third kappa shape index (κ3) is 5.20. The van der Waals surface area contributed by atoms with Crippen molar-refractivity contribution in [2.45, 2.75) is 19.6 Å². The Labute approximate surface area is 147 Å². The van der Waals surface area contributed by atoms with E-state index in [-0.39, 0.29) is 5.91 Å². The van der Waals surface area contributed by atoms with E-state index in [0.29, 0.717) is 23.8 Å². The summed E-state index contributed by atoms with van der Waals surface area (Å²) in [5, 5.41) is 2.91. The summed E-state index contributed by atoms with van der Waals surface area (Å²) in [6, 6.07) is 13.6. The molecule has 24 heavy (non-hydrogen) atoms. The van der Waals surface area contributed by atoms with Gasteiger partial charge in [0.15, 0.2) is 0 Å². The molecule has 2 aromatic rings. The van der Waals surface area contributed by atoms with Gasteiger partial charge in [-0.1, -0.05) is 24.3 Å². The van der Waals surface area contributed by atoms with Gasteiger partial charge < -0.3 is 14.8 Å². The summed E-state index contributed by atoms with van der Waals surface area (Å²) in [5.41, 5.74) is 2.88. The third-order valence-corrected chi connectivity index (χ3v) is 4.37. The highest BCUT2D eigenvalue weighted by Crippen LogP contribution is 2.26. The summed E-state index contributed by atoms with van der Waals surface area (Å²) in [4.78, 5) is 12.2. The minimum absolute atomic E-state index is 0.0437. The fourth-order valence-corrected chi connectivity index (χ4v) is 3.10. The number of rotatable bonds is 8. The molecule has 0 heterocycles. The average molecular weight is 345 g/mol. The van der Waals surface area contributed by atoms with Crippen molar-refractivity contribution < 1.29 is 14.3 Å². The molecule has 0 aliphatic heterocycles. The van der Waals surface area contributed by atoms with Crippen LogP contribution in [0.2, 0.25) is 0 Å². The molecule has 0 saturated carbocycles. The van der Waals surface area contributed by atoms with Gasteiger partial charge in [-0.3, -0.25) is 4.79 Å². The second-order valence-electron chi connectivity index (χ2n) is 5.29. The molecule has 0 saturated heterocycles. The van der Waals surface area contributed by atoms with Crippen LogP contribution in [-0.2, 0) is 10.5 Å². The van der Waals surface area contributed by atoms with E-state index in [1.807, 2.05) is 56.3 Å². The predicted molar refractivity (Wildman–Crippen MR) is 100 cm³/mol. The van der Waals surface area contributed by atoms with Crippen LogP contribution < -0.4 is 14.8 Å². The highest BCUT2D eigenvalue weighted by Gasteiger charge is 2.09. The van der Waals surface area contributed by atoms with Crippen molar-refractivity contribution in [1.82, 2.24) is 0 Å². The Morgan fingerprint density at radius 1 is 1.17 bits per heavy atom. The van der Waals surface area contributed by atoms with Gasteiger partial charge in [-0.2, -0.15) is 0 Å². The highest BCUT2D eigenvalue weighted by molar-refractivity contribution is 7.99. The second kappa shape index (κ2) is 9.23. The Morgan fingerprint density at radius 2 is 1.96 bits per heavy atom. The van der Waals surface area contributed by atoms with Crippen LogP contribution in [0.5, 0.6) is 11.5 Å². The number of methoxy groups -OCH3 is 1. The van der Waals surface area contributed by atoms with E-state index >= 15 is 0 Å². The van der Waals surface area contributed by atoms with E-state index in [1.165, 1.54) is 0 Å². The van der Waals surface area contributed by atoms with Crippen LogP contribution >= 0.6 is 11.8 Å². The number of carbonyl (C=O) groups excluding carboxylic acids is 1. The monoisotopic (exact) mass is 345 g/mol. The van der Waals surface area contributed by atoms with Crippen LogP contribution in [0.25, 0.3) is 0 Å². The molecule has 0 unspecified atom stereocenters. The maximum absolute atomic E-state index is 12.2. The number of thioether (sulfide) groups is 1. The Balaban J connectivity index is 1.89. The number of para-hydroxylation sites is 1. The third-order valence-electron chi connectivity index (χ3n) is 3.39. The number of nitrogens with one attached hydrogen (secondary N) is 1. The Bertz CT molecular complexity index is 688. The van der Waals surface area contributed by atoms with Gasteiger partial charge in [0.1, 0.15) is 11.5 Å². The first-order valence-electron chi connectivity index (χ1n) is 7.87. The van der Waals surface area contributed by atoms with Crippen molar-refractivity contribution in [3.05, 3.63) is 53.6 Å². The van der Waals surface area contributed by atoms with Crippen molar-refractivity contribution in [1.29, 1.82) is 0 Å². The van der Waals surface area contributed by atoms with E-state index in [4.69, 9.17) is 9.47 Å². The molecule has 4 nitrogen and oxygen atoms in total. The number of ether oxygens (including phenoxy) is 2. The largest absolute Gasteiger partial charge is 0.495 e. The lowest BCUT2D eigenvalue weighted by molar-refractivity contribution is -0.113. The summed E-state index contributed by atoms with van der Waals surface area (Å²) < 4.78 is 10.9. The van der Waals surface area contributed by atoms with E-state index < -0.39 is 0 Å². The first kappa shape index (κ1) is 18.2. The number of hydrogen-bond acceptors (Lipinski definition) is 4. The number of carbonyl (C=O) groups is 1. The van der Waals surface area contributed by atoms with Crippen molar-refractivity contribution in [2.24, 2.45) is 0 Å². The van der Waals surface area contributed by atoms with Crippen LogP contribution in [0.1, 0.15) is 18.1 Å². The molecule has 0 spiro atoms. The van der Waals surface area contributed by atoms with Crippen LogP contribution in [0.4, 0.5) is 5.69 Å². The van der Waals surface area contributed by atoms with Gasteiger partial charge in [-0.15, -0.1) is 11.8 Å². The van der Waals surface area contributed by atoms with Gasteiger partial charge in [0.05, 0.1) is 25.2 Å². The van der Waals surface area contributed by atoms with Gasteiger partial charge >= 0.3 is 0 Å². The lowest BCUT2D eigenvalue weighted by Gasteiger charge is -2.12. The minimum Gasteiger partial charge on any atom is -0.495 e. The number of anilines is 1. The van der Waals surface area contributed by atoms with Crippen LogP contribution in [0.3, 0.4) is 0 Å². The zero-order valence-corrected chi connectivity index (χ0v) is 15.1. The zero-order chi connectivity index (χ0) is 17.4. The quantitative estimate of drug-likeness (QED) is 0.776. The number of aryl methyl sites for hydroxylation is 1. The normalized spacial score (nSPS) is 10.3. The Kier molecular flexibility index (Phi) is 7.00. The fraction of sp³-hybridized carbons (Fsp3) is 0.316. The zero-order valence-electron chi connectivity index (χ0n) is 14.3. The molecule has 2 rings (SSSR count). The lowest BCUT2D eigenvalue weighted by Crippen LogP contribution is -2.15. The van der Waals surface area contributed by atoms with E-state index in [9.17, 15) is 4.79 Å². The van der Waals surface area contributed by atoms with Crippen molar-refractivity contribution >= 4 is 23.4 Å². The van der Waals surface area contributed by atoms with E-state index in [0.717, 1.165) is 22.6 Å². The van der Waals surface area contributed by atoms with Gasteiger partial charge in [-0.05, 0) is 37.6 Å². The standard InChI is InChI=1S/C19H23NO3S/c1-4-23-17-8-6-5-7-15(17)12-24-13-19(21)20-16-11-14(2)9-10-18(16)22-3/h5-11H,4,12-13H2,1-3H3,(H,20,21). The number of amides is 1. The molecule has 1 amide bonds. The molecule has 0 fully saturated rings. The molecule has 0 aromatic heterocycles. The van der Waals surface area contributed by atoms with Gasteiger partial charge in [0.2, 0.25) is 5.91 Å².